The minimum Gasteiger partial charge on any atom is -0.355 e. The summed E-state index contributed by atoms with van der Waals surface area (Å²) in [5, 5.41) is 50.9. The van der Waals surface area contributed by atoms with Crippen LogP contribution in [0.25, 0.3) is 76.4 Å². The van der Waals surface area contributed by atoms with Crippen molar-refractivity contribution in [1.29, 1.82) is 0 Å². The van der Waals surface area contributed by atoms with Gasteiger partial charge in [-0.1, -0.05) is 211 Å². The molecule has 0 amide bonds. The third-order valence-electron chi connectivity index (χ3n) is 16.0. The molecule has 12 aromatic rings. The zero-order valence-corrected chi connectivity index (χ0v) is 59.6. The molecule has 28 heteroatoms. The van der Waals surface area contributed by atoms with E-state index in [1.165, 1.54) is 69.9 Å². The van der Waals surface area contributed by atoms with Gasteiger partial charge in [-0.15, -0.1) is 40.8 Å². The number of hydrogen-bond acceptors (Lipinski definition) is 13. The number of nitrogens with one attached hydrogen (secondary N) is 2. The molecule has 0 atom stereocenters. The molecule has 15 nitrogen and oxygen atoms in total. The Morgan fingerprint density at radius 2 is 0.495 bits per heavy atom. The molecule has 3 aliphatic heterocycles. The van der Waals surface area contributed by atoms with E-state index in [9.17, 15) is 9.59 Å². The molecule has 3 fully saturated rings. The molecule has 8 heterocycles. The first kappa shape index (κ1) is 70.3. The van der Waals surface area contributed by atoms with E-state index in [0.717, 1.165) is 112 Å². The first-order valence-electron chi connectivity index (χ1n) is 29.9. The maximum Gasteiger partial charge on any atom is 0.270 e. The monoisotopic (exact) mass is 1530 g/mol. The largest absolute Gasteiger partial charge is 0.355 e. The highest BCUT2D eigenvalue weighted by Gasteiger charge is 2.23. The van der Waals surface area contributed by atoms with E-state index >= 15 is 0 Å². The molecule has 7 aromatic carbocycles. The molecule has 0 radical (unpaired) electrons. The van der Waals surface area contributed by atoms with Crippen molar-refractivity contribution in [2.75, 3.05) is 54.0 Å². The minimum atomic E-state index is -0.404. The van der Waals surface area contributed by atoms with Crippen LogP contribution in [0.15, 0.2) is 131 Å². The topological polar surface area (TPSA) is 179 Å². The number of benzene rings is 7. The van der Waals surface area contributed by atoms with Crippen molar-refractivity contribution in [3.05, 3.63) is 208 Å². The van der Waals surface area contributed by atoms with Gasteiger partial charge in [-0.25, -0.2) is 0 Å². The van der Waals surface area contributed by atoms with Gasteiger partial charge in [0.05, 0.1) is 61.0 Å². The maximum atomic E-state index is 11.3. The van der Waals surface area contributed by atoms with Gasteiger partial charge in [0.1, 0.15) is 11.4 Å². The Morgan fingerprint density at radius 3 is 0.800 bits per heavy atom. The molecule has 0 saturated carbocycles. The van der Waals surface area contributed by atoms with Crippen LogP contribution in [0.5, 0.6) is 0 Å². The van der Waals surface area contributed by atoms with Gasteiger partial charge in [-0.2, -0.15) is 0 Å². The van der Waals surface area contributed by atoms with Gasteiger partial charge in [-0.3, -0.25) is 19.8 Å². The van der Waals surface area contributed by atoms with Crippen LogP contribution in [0, 0.1) is 0 Å². The van der Waals surface area contributed by atoms with Crippen molar-refractivity contribution in [2.24, 2.45) is 0 Å². The first-order valence-corrected chi connectivity index (χ1v) is 34.8. The number of rotatable bonds is 5. The molecule has 15 rings (SSSR count). The standard InChI is InChI=1S/2C19H17Cl2N3.C13H12Cl3N3.C8H2Cl4N2.C8H4Cl2N2O2/c2*20-16-11-14-15(12-17(16)21)19(24-9-5-2-6-10-24)23-22-18(14)13-7-3-1-4-8-13;14-10-6-8-9(7-11(10)15)13(18-17-12(8)16)19-4-2-1-3-5-19;9-5-1-3-4(2-6(5)10)8(12)14-13-7(3)11;9-5-1-3-4(2-6(5)10)8(14)12-11-7(3)13/h2*1,3-4,7-8,11-12H,2,5-6,9-10H2;6-7H,1-5H2;1-2H;1-2H,(H,11,13)(H,12,14). The number of fused-ring (bicyclic) bond motifs is 5. The summed E-state index contributed by atoms with van der Waals surface area (Å²) in [5.41, 5.74) is 2.92. The van der Waals surface area contributed by atoms with Crippen LogP contribution < -0.4 is 25.8 Å². The fraction of sp³-hybridized carbons (Fsp3) is 0.224. The smallest absolute Gasteiger partial charge is 0.270 e. The molecule has 0 bridgehead atoms. The Kier molecular flexibility index (Phi) is 23.8. The Labute approximate surface area is 609 Å². The number of hydrogen-bond donors (Lipinski definition) is 2. The van der Waals surface area contributed by atoms with E-state index in [0.29, 0.717) is 56.1 Å². The van der Waals surface area contributed by atoms with Crippen LogP contribution in [0.2, 0.25) is 65.7 Å². The third kappa shape index (κ3) is 16.4. The summed E-state index contributed by atoms with van der Waals surface area (Å²) in [5.74, 6) is 2.66. The number of nitrogens with zero attached hydrogens (tertiary/aromatic N) is 11. The number of aromatic nitrogens is 10. The van der Waals surface area contributed by atoms with Crippen LogP contribution in [-0.4, -0.2) is 90.3 Å². The van der Waals surface area contributed by atoms with E-state index in [1.54, 1.807) is 18.2 Å². The SMILES string of the molecule is Clc1cc2c(-c3ccccc3)nnc(N3CCCCC3)c2cc1Cl.Clc1cc2c(-c3ccccc3)nnc(N3CCCCC3)c2cc1Cl.Clc1cc2c(Cl)nnc(Cl)c2cc1Cl.Clc1cc2c(Cl)nnc(N3CCCCC3)c2cc1Cl.O=c1[nH][nH]c(=O)c2cc(Cl)c(Cl)cc12. The molecule has 488 valence electrons. The van der Waals surface area contributed by atoms with Crippen LogP contribution in [0.1, 0.15) is 57.8 Å². The second-order valence-electron chi connectivity index (χ2n) is 22.2. The highest BCUT2D eigenvalue weighted by molar-refractivity contribution is 6.47. The number of halogens is 13. The Balaban J connectivity index is 0.000000123. The van der Waals surface area contributed by atoms with Crippen LogP contribution in [0.3, 0.4) is 0 Å². The lowest BCUT2D eigenvalue weighted by molar-refractivity contribution is 0.573. The summed E-state index contributed by atoms with van der Waals surface area (Å²) in [6, 6.07) is 37.3. The van der Waals surface area contributed by atoms with Crippen molar-refractivity contribution in [2.45, 2.75) is 57.8 Å². The number of aromatic amines is 2. The Morgan fingerprint density at radius 1 is 0.263 bits per heavy atom. The molecule has 95 heavy (non-hydrogen) atoms. The summed E-state index contributed by atoms with van der Waals surface area (Å²) in [7, 11) is 0. The molecule has 5 aromatic heterocycles. The van der Waals surface area contributed by atoms with Crippen LogP contribution in [-0.2, 0) is 0 Å². The van der Waals surface area contributed by atoms with Crippen molar-refractivity contribution in [1.82, 2.24) is 51.0 Å². The molecule has 3 saturated heterocycles. The van der Waals surface area contributed by atoms with Gasteiger partial charge in [0, 0.05) is 93.5 Å². The van der Waals surface area contributed by atoms with Crippen LogP contribution in [0.4, 0.5) is 17.5 Å². The summed E-state index contributed by atoms with van der Waals surface area (Å²) in [4.78, 5) is 29.4. The fourth-order valence-corrected chi connectivity index (χ4v) is 13.5. The molecule has 2 N–H and O–H groups in total. The molecule has 0 aliphatic carbocycles. The normalized spacial score (nSPS) is 14.0. The number of anilines is 3. The second kappa shape index (κ2) is 32.1. The molecule has 3 aliphatic rings. The lowest BCUT2D eigenvalue weighted by Crippen LogP contribution is -2.30. The van der Waals surface area contributed by atoms with Crippen LogP contribution >= 0.6 is 151 Å². The lowest BCUT2D eigenvalue weighted by atomic mass is 10.0. The Hall–Kier alpha value is -5.99. The molecule has 0 unspecified atom stereocenters. The van der Waals surface area contributed by atoms with Gasteiger partial charge in [-0.05, 0) is 118 Å². The van der Waals surface area contributed by atoms with Crippen molar-refractivity contribution in [3.8, 4) is 22.5 Å². The van der Waals surface area contributed by atoms with E-state index < -0.39 is 11.1 Å². The number of piperidine rings is 3. The van der Waals surface area contributed by atoms with E-state index in [2.05, 4.69) is 65.7 Å². The summed E-state index contributed by atoms with van der Waals surface area (Å²) in [6.07, 6.45) is 10.9. The van der Waals surface area contributed by atoms with Gasteiger partial charge < -0.3 is 14.7 Å². The summed E-state index contributed by atoms with van der Waals surface area (Å²) in [6.45, 7) is 6.02. The van der Waals surface area contributed by atoms with Gasteiger partial charge in [0.15, 0.2) is 32.9 Å². The number of H-pyrrole nitrogens is 2. The molecule has 0 spiro atoms. The lowest BCUT2D eigenvalue weighted by Gasteiger charge is -2.28. The van der Waals surface area contributed by atoms with E-state index in [4.69, 9.17) is 151 Å². The average molecular weight is 1530 g/mol. The van der Waals surface area contributed by atoms with Crippen molar-refractivity contribution in [3.63, 3.8) is 0 Å². The van der Waals surface area contributed by atoms with Crippen molar-refractivity contribution < 1.29 is 0 Å². The summed E-state index contributed by atoms with van der Waals surface area (Å²) < 4.78 is 0. The van der Waals surface area contributed by atoms with E-state index in [-0.39, 0.29) is 31.1 Å². The zero-order valence-electron chi connectivity index (χ0n) is 49.8. The first-order chi connectivity index (χ1) is 45.8. The fourth-order valence-electron chi connectivity index (χ4n) is 11.3. The Bertz CT molecular complexity index is 4670. The van der Waals surface area contributed by atoms with Gasteiger partial charge in [0.25, 0.3) is 11.1 Å². The quantitative estimate of drug-likeness (QED) is 0.166. The van der Waals surface area contributed by atoms with Crippen molar-refractivity contribution >= 4 is 222 Å². The average Bonchev–Trinajstić information content (AvgIpc) is 0.789. The predicted octanol–water partition coefficient (Wildman–Crippen LogP) is 21.5. The molecular weight excluding hydrogens is 1480 g/mol. The predicted molar refractivity (Wildman–Crippen MR) is 398 cm³/mol. The summed E-state index contributed by atoms with van der Waals surface area (Å²) >= 11 is 78.2. The molecular formula is C67H52Cl13N13O2. The van der Waals surface area contributed by atoms with Gasteiger partial charge >= 0.3 is 0 Å². The second-order valence-corrected chi connectivity index (χ2v) is 27.3. The van der Waals surface area contributed by atoms with Gasteiger partial charge in [0.2, 0.25) is 0 Å². The van der Waals surface area contributed by atoms with E-state index in [1.807, 2.05) is 91.0 Å². The maximum absolute atomic E-state index is 11.3. The highest BCUT2D eigenvalue weighted by atomic mass is 35.5. The third-order valence-corrected chi connectivity index (χ3v) is 20.4. The zero-order chi connectivity index (χ0) is 67.0. The minimum absolute atomic E-state index is 0.225. The highest BCUT2D eigenvalue weighted by Crippen LogP contribution is 2.41.